The number of ether oxygens (including phenoxy) is 4. The number of nitrogens with zero attached hydrogens (tertiary/aromatic N) is 2. The van der Waals surface area contributed by atoms with E-state index < -0.39 is 0 Å². The number of benzene rings is 4. The summed E-state index contributed by atoms with van der Waals surface area (Å²) in [5.74, 6) is 3.22. The van der Waals surface area contributed by atoms with Crippen molar-refractivity contribution < 1.29 is 18.9 Å². The van der Waals surface area contributed by atoms with Crippen LogP contribution in [-0.4, -0.2) is 38.4 Å². The molecule has 0 bridgehead atoms. The van der Waals surface area contributed by atoms with Gasteiger partial charge in [-0.15, -0.1) is 0 Å². The van der Waals surface area contributed by atoms with Gasteiger partial charge in [0.25, 0.3) is 0 Å². The van der Waals surface area contributed by atoms with Crippen LogP contribution in [0.3, 0.4) is 0 Å². The normalized spacial score (nSPS) is 11.6. The van der Waals surface area contributed by atoms with Gasteiger partial charge in [-0.2, -0.15) is 0 Å². The predicted molar refractivity (Wildman–Crippen MR) is 190 cm³/mol. The predicted octanol–water partition coefficient (Wildman–Crippen LogP) is 9.19. The number of hydrogen-bond acceptors (Lipinski definition) is 6. The molecule has 230 valence electrons. The minimum Gasteiger partial charge on any atom is -0.497 e. The van der Waals surface area contributed by atoms with Crippen molar-refractivity contribution in [3.05, 3.63) is 142 Å². The Hall–Kier alpha value is -5.88. The van der Waals surface area contributed by atoms with Crippen molar-refractivity contribution in [1.29, 1.82) is 0 Å². The lowest BCUT2D eigenvalue weighted by molar-refractivity contribution is 0.414. The monoisotopic (exact) mass is 608 g/mol. The molecule has 6 heteroatoms. The Labute approximate surface area is 270 Å². The maximum absolute atomic E-state index is 5.32. The van der Waals surface area contributed by atoms with Gasteiger partial charge in [-0.05, 0) is 95.1 Å². The molecule has 0 unspecified atom stereocenters. The average Bonchev–Trinajstić information content (AvgIpc) is 3.12. The van der Waals surface area contributed by atoms with Crippen LogP contribution in [-0.2, 0) is 0 Å². The highest BCUT2D eigenvalue weighted by Crippen LogP contribution is 2.22. The summed E-state index contributed by atoms with van der Waals surface area (Å²) >= 11 is 0. The van der Waals surface area contributed by atoms with Gasteiger partial charge in [0.2, 0.25) is 0 Å². The molecule has 1 aromatic heterocycles. The van der Waals surface area contributed by atoms with Crippen LogP contribution in [0, 0.1) is 0 Å². The summed E-state index contributed by atoms with van der Waals surface area (Å²) in [4.78, 5) is 10.2. The first-order valence-corrected chi connectivity index (χ1v) is 14.8. The second-order valence-electron chi connectivity index (χ2n) is 10.2. The van der Waals surface area contributed by atoms with Crippen LogP contribution in [0.25, 0.3) is 48.6 Å². The molecule has 1 heterocycles. The molecule has 0 saturated heterocycles. The molecule has 0 saturated carbocycles. The van der Waals surface area contributed by atoms with E-state index in [1.807, 2.05) is 146 Å². The van der Waals surface area contributed by atoms with E-state index in [-0.39, 0.29) is 0 Å². The topological polar surface area (TPSA) is 62.7 Å². The lowest BCUT2D eigenvalue weighted by Gasteiger charge is -2.08. The van der Waals surface area contributed by atoms with E-state index in [0.29, 0.717) is 0 Å². The molecule has 0 aliphatic carbocycles. The summed E-state index contributed by atoms with van der Waals surface area (Å²) in [6.45, 7) is 0. The zero-order valence-electron chi connectivity index (χ0n) is 26.4. The maximum atomic E-state index is 5.32. The Balaban J connectivity index is 1.58. The molecule has 0 spiro atoms. The van der Waals surface area contributed by atoms with Gasteiger partial charge in [0.05, 0.1) is 51.2 Å². The van der Waals surface area contributed by atoms with Crippen LogP contribution in [0.15, 0.2) is 97.1 Å². The van der Waals surface area contributed by atoms with Crippen molar-refractivity contribution in [3.63, 3.8) is 0 Å². The van der Waals surface area contributed by atoms with Crippen LogP contribution in [0.4, 0.5) is 0 Å². The zero-order valence-corrected chi connectivity index (χ0v) is 26.4. The van der Waals surface area contributed by atoms with E-state index in [0.717, 1.165) is 68.0 Å². The second-order valence-corrected chi connectivity index (χ2v) is 10.2. The molecule has 46 heavy (non-hydrogen) atoms. The van der Waals surface area contributed by atoms with Crippen LogP contribution in [0.2, 0.25) is 0 Å². The molecular formula is C40H36N2O4. The molecule has 0 N–H and O–H groups in total. The maximum Gasteiger partial charge on any atom is 0.118 e. The third kappa shape index (κ3) is 8.61. The third-order valence-electron chi connectivity index (χ3n) is 7.20. The van der Waals surface area contributed by atoms with Crippen molar-refractivity contribution in [1.82, 2.24) is 9.97 Å². The summed E-state index contributed by atoms with van der Waals surface area (Å²) in [6, 6.07) is 31.5. The van der Waals surface area contributed by atoms with E-state index in [2.05, 4.69) is 0 Å². The fraction of sp³-hybridized carbons (Fsp3) is 0.100. The first kappa shape index (κ1) is 31.5. The average molecular weight is 609 g/mol. The van der Waals surface area contributed by atoms with Gasteiger partial charge < -0.3 is 18.9 Å². The van der Waals surface area contributed by atoms with Crippen molar-refractivity contribution >= 4 is 48.6 Å². The summed E-state index contributed by atoms with van der Waals surface area (Å²) in [5, 5.41) is 0. The molecule has 0 atom stereocenters. The van der Waals surface area contributed by atoms with E-state index in [9.17, 15) is 0 Å². The van der Waals surface area contributed by atoms with Gasteiger partial charge in [0.15, 0.2) is 0 Å². The molecule has 5 rings (SSSR count). The molecule has 5 aromatic rings. The smallest absolute Gasteiger partial charge is 0.118 e. The fourth-order valence-corrected chi connectivity index (χ4v) is 4.54. The molecule has 0 amide bonds. The van der Waals surface area contributed by atoms with Gasteiger partial charge in [0, 0.05) is 0 Å². The van der Waals surface area contributed by atoms with Gasteiger partial charge in [0.1, 0.15) is 23.0 Å². The summed E-state index contributed by atoms with van der Waals surface area (Å²) < 4.78 is 21.3. The van der Waals surface area contributed by atoms with E-state index in [1.54, 1.807) is 28.4 Å². The van der Waals surface area contributed by atoms with Crippen LogP contribution < -0.4 is 18.9 Å². The third-order valence-corrected chi connectivity index (χ3v) is 7.20. The van der Waals surface area contributed by atoms with Crippen molar-refractivity contribution in [2.24, 2.45) is 0 Å². The quantitative estimate of drug-likeness (QED) is 0.141. The van der Waals surface area contributed by atoms with Gasteiger partial charge in [-0.3, -0.25) is 0 Å². The summed E-state index contributed by atoms with van der Waals surface area (Å²) in [5.41, 5.74) is 7.01. The highest BCUT2D eigenvalue weighted by Gasteiger charge is 2.09. The summed E-state index contributed by atoms with van der Waals surface area (Å²) in [6.07, 6.45) is 16.1. The Kier molecular flexibility index (Phi) is 10.8. The van der Waals surface area contributed by atoms with Crippen molar-refractivity contribution in [2.75, 3.05) is 28.4 Å². The lowest BCUT2D eigenvalue weighted by Crippen LogP contribution is -2.00. The molecule has 6 nitrogen and oxygen atoms in total. The number of hydrogen-bond donors (Lipinski definition) is 0. The number of aromatic nitrogens is 2. The second kappa shape index (κ2) is 15.7. The molecular weight excluding hydrogens is 572 g/mol. The molecule has 4 aromatic carbocycles. The minimum atomic E-state index is 0.733. The Morgan fingerprint density at radius 2 is 0.500 bits per heavy atom. The fourth-order valence-electron chi connectivity index (χ4n) is 4.54. The Morgan fingerprint density at radius 3 is 0.674 bits per heavy atom. The van der Waals surface area contributed by atoms with Gasteiger partial charge in [-0.1, -0.05) is 72.8 Å². The molecule has 0 radical (unpaired) electrons. The number of methoxy groups -OCH3 is 4. The molecule has 0 fully saturated rings. The first-order valence-electron chi connectivity index (χ1n) is 14.8. The van der Waals surface area contributed by atoms with E-state index >= 15 is 0 Å². The van der Waals surface area contributed by atoms with Crippen LogP contribution in [0.5, 0.6) is 23.0 Å². The lowest BCUT2D eigenvalue weighted by atomic mass is 10.1. The Bertz CT molecular complexity index is 1560. The van der Waals surface area contributed by atoms with E-state index in [1.165, 1.54) is 0 Å². The molecule has 0 aliphatic heterocycles. The highest BCUT2D eigenvalue weighted by molar-refractivity contribution is 5.81. The minimum absolute atomic E-state index is 0.733. The van der Waals surface area contributed by atoms with Crippen molar-refractivity contribution in [3.8, 4) is 23.0 Å². The van der Waals surface area contributed by atoms with Crippen LogP contribution >= 0.6 is 0 Å². The van der Waals surface area contributed by atoms with Gasteiger partial charge >= 0.3 is 0 Å². The van der Waals surface area contributed by atoms with Crippen LogP contribution in [0.1, 0.15) is 45.0 Å². The highest BCUT2D eigenvalue weighted by atomic mass is 16.5. The van der Waals surface area contributed by atoms with Crippen molar-refractivity contribution in [2.45, 2.75) is 0 Å². The molecule has 0 aliphatic rings. The van der Waals surface area contributed by atoms with E-state index in [4.69, 9.17) is 28.9 Å². The largest absolute Gasteiger partial charge is 0.497 e. The SMILES string of the molecule is COc1ccc(C=Cc2nc(C=Cc3ccc(OC)cc3)c(C=Cc3ccc(OC)cc3)nc2C=Cc2ccc(OC)cc2)cc1. The van der Waals surface area contributed by atoms with Gasteiger partial charge in [-0.25, -0.2) is 9.97 Å². The zero-order chi connectivity index (χ0) is 32.1. The Morgan fingerprint density at radius 1 is 0.304 bits per heavy atom. The standard InChI is InChI=1S/C40H36N2O4/c1-43-33-17-5-29(6-18-33)13-25-37-38(26-14-30-7-19-34(44-2)20-8-30)42-40(28-16-32-11-23-36(46-4)24-12-32)39(41-37)27-15-31-9-21-35(45-3)22-10-31/h5-28H,1-4H3. The first-order chi connectivity index (χ1) is 22.6. The number of rotatable bonds is 12. The summed E-state index contributed by atoms with van der Waals surface area (Å²) in [7, 11) is 6.64.